The van der Waals surface area contributed by atoms with E-state index in [1.54, 1.807) is 0 Å². The van der Waals surface area contributed by atoms with Crippen LogP contribution in [0.15, 0.2) is 0 Å². The molecule has 90 valence electrons. The Morgan fingerprint density at radius 1 is 0.875 bits per heavy atom. The van der Waals surface area contributed by atoms with Gasteiger partial charge >= 0.3 is 6.03 Å². The van der Waals surface area contributed by atoms with Crippen LogP contribution >= 0.6 is 0 Å². The van der Waals surface area contributed by atoms with Crippen molar-refractivity contribution in [3.8, 4) is 0 Å². The molecule has 0 aromatic rings. The summed E-state index contributed by atoms with van der Waals surface area (Å²) < 4.78 is 0. The van der Waals surface area contributed by atoms with Gasteiger partial charge in [-0.1, -0.05) is 19.3 Å². The smallest absolute Gasteiger partial charge is 0.333 e. The highest BCUT2D eigenvalue weighted by Crippen LogP contribution is 2.28. The molecule has 3 N–H and O–H groups in total. The lowest BCUT2D eigenvalue weighted by Gasteiger charge is -2.22. The van der Waals surface area contributed by atoms with Gasteiger partial charge in [0.05, 0.1) is 0 Å². The van der Waals surface area contributed by atoms with Gasteiger partial charge in [0.1, 0.15) is 0 Å². The maximum atomic E-state index is 11.4. The first-order valence-corrected chi connectivity index (χ1v) is 6.12. The Kier molecular flexibility index (Phi) is 3.64. The molecule has 0 aliphatic heterocycles. The van der Waals surface area contributed by atoms with Crippen LogP contribution in [-0.4, -0.2) is 18.0 Å². The zero-order valence-electron chi connectivity index (χ0n) is 9.42. The van der Waals surface area contributed by atoms with Gasteiger partial charge < -0.3 is 5.32 Å². The molecular weight excluding hydrogens is 206 g/mol. The second-order valence-corrected chi connectivity index (χ2v) is 4.70. The average Bonchev–Trinajstić information content (AvgIpc) is 3.11. The lowest BCUT2D eigenvalue weighted by Crippen LogP contribution is -2.50. The molecule has 2 rings (SSSR count). The first-order chi connectivity index (χ1) is 7.75. The Morgan fingerprint density at radius 3 is 2.19 bits per heavy atom. The molecule has 0 aromatic heterocycles. The Morgan fingerprint density at radius 2 is 1.56 bits per heavy atom. The topological polar surface area (TPSA) is 70.2 Å². The summed E-state index contributed by atoms with van der Waals surface area (Å²) in [6.45, 7) is 0. The predicted molar refractivity (Wildman–Crippen MR) is 59.4 cm³/mol. The highest BCUT2D eigenvalue weighted by atomic mass is 16.2. The van der Waals surface area contributed by atoms with E-state index in [9.17, 15) is 9.59 Å². The number of amides is 3. The molecule has 2 aliphatic rings. The molecule has 5 nitrogen and oxygen atoms in total. The van der Waals surface area contributed by atoms with Crippen molar-refractivity contribution in [2.75, 3.05) is 0 Å². The Hall–Kier alpha value is -1.26. The number of nitrogens with one attached hydrogen (secondary N) is 3. The molecule has 0 saturated heterocycles. The Balaban J connectivity index is 1.61. The van der Waals surface area contributed by atoms with Crippen LogP contribution in [0.4, 0.5) is 4.79 Å². The number of carbonyl (C=O) groups excluding carboxylic acids is 2. The van der Waals surface area contributed by atoms with Crippen LogP contribution in [0.3, 0.4) is 0 Å². The minimum Gasteiger partial charge on any atom is -0.334 e. The highest BCUT2D eigenvalue weighted by molar-refractivity contribution is 5.84. The summed E-state index contributed by atoms with van der Waals surface area (Å²) in [6, 6.07) is -0.0209. The lowest BCUT2D eigenvalue weighted by atomic mass is 9.96. The summed E-state index contributed by atoms with van der Waals surface area (Å²) in [4.78, 5) is 22.7. The molecule has 2 fully saturated rings. The molecule has 3 amide bonds. The fraction of sp³-hybridized carbons (Fsp3) is 0.818. The summed E-state index contributed by atoms with van der Waals surface area (Å²) in [5.74, 6) is 0.0498. The van der Waals surface area contributed by atoms with Gasteiger partial charge in [0, 0.05) is 12.0 Å². The number of hydrazine groups is 1. The second kappa shape index (κ2) is 5.18. The number of hydrogen-bond acceptors (Lipinski definition) is 2. The van der Waals surface area contributed by atoms with Crippen LogP contribution in [0.1, 0.15) is 44.9 Å². The quantitative estimate of drug-likeness (QED) is 0.615. The molecule has 0 heterocycles. The van der Waals surface area contributed by atoms with Crippen LogP contribution < -0.4 is 16.2 Å². The molecule has 0 radical (unpaired) electrons. The van der Waals surface area contributed by atoms with Gasteiger partial charge in [-0.15, -0.1) is 0 Å². The second-order valence-electron chi connectivity index (χ2n) is 4.70. The summed E-state index contributed by atoms with van der Waals surface area (Å²) >= 11 is 0. The van der Waals surface area contributed by atoms with Gasteiger partial charge in [-0.05, 0) is 25.7 Å². The van der Waals surface area contributed by atoms with E-state index in [4.69, 9.17) is 0 Å². The minimum absolute atomic E-state index is 0.0706. The van der Waals surface area contributed by atoms with Crippen LogP contribution in [0, 0.1) is 5.92 Å². The molecule has 0 unspecified atom stereocenters. The standard InChI is InChI=1S/C11H19N3O2/c15-10(8-6-7-8)13-14-11(16)12-9-4-2-1-3-5-9/h8-9H,1-7H2,(H,13,15)(H2,12,14,16). The van der Waals surface area contributed by atoms with E-state index in [-0.39, 0.29) is 23.9 Å². The highest BCUT2D eigenvalue weighted by Gasteiger charge is 2.29. The predicted octanol–water partition coefficient (Wildman–Crippen LogP) is 1.06. The number of urea groups is 1. The zero-order chi connectivity index (χ0) is 11.4. The molecule has 5 heteroatoms. The molecule has 0 aromatic carbocycles. The molecule has 2 aliphatic carbocycles. The lowest BCUT2D eigenvalue weighted by molar-refractivity contribution is -0.123. The van der Waals surface area contributed by atoms with E-state index in [0.717, 1.165) is 25.7 Å². The molecular formula is C11H19N3O2. The Labute approximate surface area is 95.3 Å². The van der Waals surface area contributed by atoms with Crippen molar-refractivity contribution in [1.82, 2.24) is 16.2 Å². The van der Waals surface area contributed by atoms with E-state index >= 15 is 0 Å². The molecule has 0 bridgehead atoms. The average molecular weight is 225 g/mol. The van der Waals surface area contributed by atoms with Gasteiger partial charge in [0.2, 0.25) is 5.91 Å². The van der Waals surface area contributed by atoms with Gasteiger partial charge in [-0.3, -0.25) is 10.2 Å². The van der Waals surface area contributed by atoms with Gasteiger partial charge in [-0.25, -0.2) is 10.2 Å². The van der Waals surface area contributed by atoms with E-state index in [1.807, 2.05) is 0 Å². The maximum Gasteiger partial charge on any atom is 0.333 e. The first-order valence-electron chi connectivity index (χ1n) is 6.12. The van der Waals surface area contributed by atoms with Crippen molar-refractivity contribution < 1.29 is 9.59 Å². The summed E-state index contributed by atoms with van der Waals surface area (Å²) in [6.07, 6.45) is 7.60. The van der Waals surface area contributed by atoms with Crippen LogP contribution in [0.2, 0.25) is 0 Å². The van der Waals surface area contributed by atoms with Crippen molar-refractivity contribution >= 4 is 11.9 Å². The maximum absolute atomic E-state index is 11.4. The third kappa shape index (κ3) is 3.40. The largest absolute Gasteiger partial charge is 0.334 e. The zero-order valence-corrected chi connectivity index (χ0v) is 9.42. The van der Waals surface area contributed by atoms with E-state index < -0.39 is 0 Å². The fourth-order valence-corrected chi connectivity index (χ4v) is 2.03. The Bertz CT molecular complexity index is 270. The SMILES string of the molecule is O=C(NNC(=O)C1CC1)NC1CCCCC1. The van der Waals surface area contributed by atoms with Crippen molar-refractivity contribution in [2.24, 2.45) is 5.92 Å². The van der Waals surface area contributed by atoms with E-state index in [2.05, 4.69) is 16.2 Å². The summed E-state index contributed by atoms with van der Waals surface area (Å²) in [7, 11) is 0. The minimum atomic E-state index is -0.291. The normalized spacial score (nSPS) is 21.2. The van der Waals surface area contributed by atoms with Crippen molar-refractivity contribution in [2.45, 2.75) is 51.0 Å². The molecule has 0 spiro atoms. The van der Waals surface area contributed by atoms with Crippen molar-refractivity contribution in [3.63, 3.8) is 0 Å². The third-order valence-corrected chi connectivity index (χ3v) is 3.19. The monoisotopic (exact) mass is 225 g/mol. The van der Waals surface area contributed by atoms with Gasteiger partial charge in [-0.2, -0.15) is 0 Å². The van der Waals surface area contributed by atoms with Crippen LogP contribution in [0.5, 0.6) is 0 Å². The van der Waals surface area contributed by atoms with Crippen molar-refractivity contribution in [1.29, 1.82) is 0 Å². The van der Waals surface area contributed by atoms with Crippen LogP contribution in [0.25, 0.3) is 0 Å². The fourth-order valence-electron chi connectivity index (χ4n) is 2.03. The van der Waals surface area contributed by atoms with Crippen molar-refractivity contribution in [3.05, 3.63) is 0 Å². The molecule has 16 heavy (non-hydrogen) atoms. The summed E-state index contributed by atoms with van der Waals surface area (Å²) in [5, 5.41) is 2.87. The first kappa shape index (κ1) is 11.2. The van der Waals surface area contributed by atoms with E-state index in [1.165, 1.54) is 19.3 Å². The number of carbonyl (C=O) groups is 2. The number of hydrogen-bond donors (Lipinski definition) is 3. The molecule has 2 saturated carbocycles. The number of rotatable bonds is 2. The van der Waals surface area contributed by atoms with Gasteiger partial charge in [0.15, 0.2) is 0 Å². The van der Waals surface area contributed by atoms with Gasteiger partial charge in [0.25, 0.3) is 0 Å². The third-order valence-electron chi connectivity index (χ3n) is 3.19. The van der Waals surface area contributed by atoms with E-state index in [0.29, 0.717) is 0 Å². The van der Waals surface area contributed by atoms with Crippen LogP contribution in [-0.2, 0) is 4.79 Å². The molecule has 0 atom stereocenters. The summed E-state index contributed by atoms with van der Waals surface area (Å²) in [5.41, 5.74) is 4.83.